The van der Waals surface area contributed by atoms with E-state index in [1.807, 2.05) is 364 Å². The van der Waals surface area contributed by atoms with Crippen molar-refractivity contribution in [2.24, 2.45) is 0 Å². The van der Waals surface area contributed by atoms with Crippen molar-refractivity contribution in [2.75, 3.05) is 33.5 Å². The lowest BCUT2D eigenvalue weighted by Crippen LogP contribution is -2.68. The molecule has 0 amide bonds. The summed E-state index contributed by atoms with van der Waals surface area (Å²) >= 11 is 0. The predicted octanol–water partition coefficient (Wildman–Crippen LogP) is 18.9. The van der Waals surface area contributed by atoms with E-state index < -0.39 is 129 Å². The molecule has 1 unspecified atom stereocenters. The van der Waals surface area contributed by atoms with Crippen molar-refractivity contribution in [3.63, 3.8) is 0 Å². The smallest absolute Gasteiger partial charge is 0.357 e. The van der Waals surface area contributed by atoms with Gasteiger partial charge in [0.05, 0.1) is 106 Å². The zero-order chi connectivity index (χ0) is 93.8. The van der Waals surface area contributed by atoms with E-state index in [1.165, 1.54) is 6.20 Å². The molecule has 138 heavy (non-hydrogen) atoms. The molecule has 4 aliphatic heterocycles. The Balaban J connectivity index is 0.801. The second-order valence-electron chi connectivity index (χ2n) is 34.4. The number of nitrogens with zero attached hydrogens (tertiary/aromatic N) is 1. The third-order valence-electron chi connectivity index (χ3n) is 24.5. The van der Waals surface area contributed by atoms with E-state index in [2.05, 4.69) is 4.98 Å². The zero-order valence-electron chi connectivity index (χ0n) is 77.2. The molecule has 0 spiro atoms. The van der Waals surface area contributed by atoms with E-state index in [1.54, 1.807) is 25.3 Å². The maximum absolute atomic E-state index is 14.8. The zero-order valence-corrected chi connectivity index (χ0v) is 77.2. The van der Waals surface area contributed by atoms with Crippen LogP contribution in [0.3, 0.4) is 0 Å². The van der Waals surface area contributed by atoms with Crippen LogP contribution in [0.1, 0.15) is 77.2 Å². The average molecular weight is 1870 g/mol. The van der Waals surface area contributed by atoms with Crippen LogP contribution in [-0.2, 0) is 179 Å². The molecule has 0 bridgehead atoms. The Labute approximate surface area is 807 Å². The number of carbonyl (C=O) groups is 1. The molecule has 17 rings (SSSR count). The maximum atomic E-state index is 14.8. The van der Waals surface area contributed by atoms with Gasteiger partial charge in [0.25, 0.3) is 0 Å². The number of aromatic nitrogens is 1. The van der Waals surface area contributed by atoms with E-state index in [-0.39, 0.29) is 111 Å². The molecule has 716 valence electrons. The molecule has 4 fully saturated rings. The van der Waals surface area contributed by atoms with Gasteiger partial charge in [-0.3, -0.25) is 0 Å². The summed E-state index contributed by atoms with van der Waals surface area (Å²) in [6.07, 6.45) is -21.8. The monoisotopic (exact) mass is 1870 g/mol. The molecule has 23 heteroatoms. The molecule has 1 aromatic heterocycles. The van der Waals surface area contributed by atoms with Gasteiger partial charge in [0, 0.05) is 13.3 Å². The number of esters is 1. The van der Waals surface area contributed by atoms with Crippen LogP contribution in [0.15, 0.2) is 388 Å². The summed E-state index contributed by atoms with van der Waals surface area (Å²) in [6, 6.07) is 124. The summed E-state index contributed by atoms with van der Waals surface area (Å²) in [5.74, 6) is -0.727. The van der Waals surface area contributed by atoms with Crippen molar-refractivity contribution >= 4 is 5.97 Å². The standard InChI is InChI=1S/C115H119NO22/c1-118-112-107(127-74-90-56-30-10-31-57-90)105(125-72-88-52-26-8-27-53-88)102(98(132-112)81-131-113-108(128-75-91-58-32-11-33-59-91)104(124-71-87-50-24-7-25-51-87)100(136-111(117)94-64-38-39-65-116-94)96(133-113)79-120-67-83-42-16-3-17-43-83)138-115-110(130-77-93-62-36-13-37-63-93)106(126-73-89-54-28-9-29-55-89)101(97(135-115)80-121-68-84-44-18-4-19-45-84)137-114-109(129-76-92-60-34-12-35-61-92)103(123-70-86-48-22-6-23-49-86)99(122-69-85-46-20-5-21-47-85)95(134-114)78-119-66-82-40-14-2-15-41-82/h2-65,95-110,112-115H,66-81H2,1H3/t95-,96-,97-,98-,99-,100-,101-,102-,103+,104+,105+,106+,107-,108-,109-,110-,112+,113?,114-,115-/m1/s1. The quantitative estimate of drug-likeness (QED) is 0.0323. The summed E-state index contributed by atoms with van der Waals surface area (Å²) in [5.41, 5.74) is 10.6. The number of methoxy groups -OCH3 is 1. The first-order chi connectivity index (χ1) is 68.3. The minimum absolute atomic E-state index is 0.00269. The first-order valence-corrected chi connectivity index (χ1v) is 47.2. The Kier molecular flexibility index (Phi) is 37.3. The molecule has 20 atom stereocenters. The van der Waals surface area contributed by atoms with Crippen molar-refractivity contribution in [2.45, 2.75) is 202 Å². The van der Waals surface area contributed by atoms with E-state index in [4.69, 9.17) is 99.5 Å². The third kappa shape index (κ3) is 28.4. The molecule has 13 aromatic rings. The fraction of sp³-hybridized carbons (Fsp3) is 0.322. The fourth-order valence-electron chi connectivity index (χ4n) is 17.4. The molecule has 12 aromatic carbocycles. The van der Waals surface area contributed by atoms with Gasteiger partial charge in [-0.15, -0.1) is 0 Å². The molecule has 5 heterocycles. The highest BCUT2D eigenvalue weighted by molar-refractivity contribution is 5.87. The van der Waals surface area contributed by atoms with Crippen molar-refractivity contribution in [3.05, 3.63) is 461 Å². The van der Waals surface area contributed by atoms with Gasteiger partial charge in [0.2, 0.25) is 0 Å². The van der Waals surface area contributed by atoms with Crippen LogP contribution in [0.2, 0.25) is 0 Å². The number of pyridine rings is 1. The van der Waals surface area contributed by atoms with Crippen LogP contribution in [0, 0.1) is 0 Å². The molecular weight excluding hydrogens is 1750 g/mol. The van der Waals surface area contributed by atoms with E-state index >= 15 is 0 Å². The first kappa shape index (κ1) is 98.1. The summed E-state index contributed by atoms with van der Waals surface area (Å²) in [7, 11) is 1.56. The lowest BCUT2D eigenvalue weighted by atomic mass is 9.94. The van der Waals surface area contributed by atoms with Crippen LogP contribution >= 0.6 is 0 Å². The van der Waals surface area contributed by atoms with Crippen LogP contribution in [0.4, 0.5) is 0 Å². The van der Waals surface area contributed by atoms with Gasteiger partial charge in [-0.25, -0.2) is 9.78 Å². The molecule has 0 N–H and O–H groups in total. The highest BCUT2D eigenvalue weighted by Crippen LogP contribution is 2.42. The van der Waals surface area contributed by atoms with Gasteiger partial charge >= 0.3 is 5.97 Å². The lowest BCUT2D eigenvalue weighted by Gasteiger charge is -2.52. The molecule has 0 aliphatic carbocycles. The number of rotatable bonds is 49. The first-order valence-electron chi connectivity index (χ1n) is 47.2. The summed E-state index contributed by atoms with van der Waals surface area (Å²) in [5, 5.41) is 0. The molecule has 0 saturated carbocycles. The van der Waals surface area contributed by atoms with E-state index in [0.717, 1.165) is 66.8 Å². The SMILES string of the molecule is CO[C@H]1O[C@H](COC2O[C@H](COCc3ccccc3)[C@@H](OC(=O)c3ccccn3)[C@H](OCc3ccccc3)[C@H]2OCc2ccccc2)[C@@H](O[C@H]2O[C@H](COCc3ccccc3)[C@@H](O[C@H]3O[C@H](COCc4ccccc4)[C@@H](OCc4ccccc4)[C@H](OCc4ccccc4)[C@H]3OCc3ccccc3)[C@H](OCc3ccccc3)[C@H]2OCc2ccccc2)[C@H](OCc2ccccc2)[C@H]1OCc1ccccc1. The maximum Gasteiger partial charge on any atom is 0.357 e. The van der Waals surface area contributed by atoms with E-state index in [0.29, 0.717) is 0 Å². The van der Waals surface area contributed by atoms with Crippen LogP contribution < -0.4 is 0 Å². The number of hydrogen-bond acceptors (Lipinski definition) is 23. The van der Waals surface area contributed by atoms with Crippen molar-refractivity contribution in [1.29, 1.82) is 0 Å². The molecule has 4 saturated heterocycles. The van der Waals surface area contributed by atoms with Crippen molar-refractivity contribution in [3.8, 4) is 0 Å². The highest BCUT2D eigenvalue weighted by atomic mass is 16.8. The molecule has 4 aliphatic rings. The summed E-state index contributed by atoms with van der Waals surface area (Å²) < 4.78 is 154. The average Bonchev–Trinajstić information content (AvgIpc) is 0.762. The van der Waals surface area contributed by atoms with Gasteiger partial charge in [-0.2, -0.15) is 0 Å². The highest BCUT2D eigenvalue weighted by Gasteiger charge is 2.59. The Hall–Kier alpha value is -11.5. The minimum Gasteiger partial charge on any atom is -0.452 e. The largest absolute Gasteiger partial charge is 0.452 e. The Morgan fingerprint density at radius 2 is 0.435 bits per heavy atom. The third-order valence-corrected chi connectivity index (χ3v) is 24.5. The second-order valence-corrected chi connectivity index (χ2v) is 34.4. The van der Waals surface area contributed by atoms with Gasteiger partial charge in [0.15, 0.2) is 31.3 Å². The predicted molar refractivity (Wildman–Crippen MR) is 514 cm³/mol. The van der Waals surface area contributed by atoms with Gasteiger partial charge < -0.3 is 99.5 Å². The lowest BCUT2D eigenvalue weighted by molar-refractivity contribution is -0.396. The van der Waals surface area contributed by atoms with Gasteiger partial charge in [-0.1, -0.05) is 370 Å². The normalized spacial score (nSPS) is 24.8. The minimum atomic E-state index is -1.48. The van der Waals surface area contributed by atoms with Gasteiger partial charge in [0.1, 0.15) is 97.3 Å². The van der Waals surface area contributed by atoms with Crippen LogP contribution in [0.5, 0.6) is 0 Å². The second kappa shape index (κ2) is 52.5. The number of benzene rings is 12. The Morgan fingerprint density at radius 3 is 0.725 bits per heavy atom. The molecular formula is C115H119NO22. The Bertz CT molecular complexity index is 5570. The fourth-order valence-corrected chi connectivity index (χ4v) is 17.4. The number of carbonyl (C=O) groups excluding carboxylic acids is 1. The van der Waals surface area contributed by atoms with E-state index in [9.17, 15) is 4.79 Å². The Morgan fingerprint density at radius 1 is 0.217 bits per heavy atom. The van der Waals surface area contributed by atoms with Crippen LogP contribution in [-0.4, -0.2) is 167 Å². The number of ether oxygens (including phenoxy) is 21. The van der Waals surface area contributed by atoms with Crippen molar-refractivity contribution in [1.82, 2.24) is 4.98 Å². The van der Waals surface area contributed by atoms with Crippen LogP contribution in [0.25, 0.3) is 0 Å². The van der Waals surface area contributed by atoms with Crippen molar-refractivity contribution < 1.29 is 104 Å². The topological polar surface area (TPSA) is 224 Å². The number of hydrogen-bond donors (Lipinski definition) is 0. The molecule has 23 nitrogen and oxygen atoms in total. The summed E-state index contributed by atoms with van der Waals surface area (Å²) in [4.78, 5) is 19.3. The molecule has 0 radical (unpaired) electrons. The summed E-state index contributed by atoms with van der Waals surface area (Å²) in [6.45, 7) is 0.650. The van der Waals surface area contributed by atoms with Gasteiger partial charge in [-0.05, 0) is 78.9 Å².